The summed E-state index contributed by atoms with van der Waals surface area (Å²) in [5.41, 5.74) is 7.73. The van der Waals surface area contributed by atoms with Gasteiger partial charge in [0.05, 0.1) is 0 Å². The van der Waals surface area contributed by atoms with Crippen molar-refractivity contribution < 1.29 is 0 Å². The summed E-state index contributed by atoms with van der Waals surface area (Å²) in [6.07, 6.45) is 8.87. The fraction of sp³-hybridized carbons (Fsp3) is 0.300. The van der Waals surface area contributed by atoms with E-state index in [-0.39, 0.29) is 0 Å². The van der Waals surface area contributed by atoms with E-state index in [2.05, 4.69) is 12.7 Å². The van der Waals surface area contributed by atoms with Crippen molar-refractivity contribution in [3.63, 3.8) is 0 Å². The quantitative estimate of drug-likeness (QED) is 0.532. The number of hydrogen-bond donors (Lipinski definition) is 1. The van der Waals surface area contributed by atoms with Crippen LogP contribution in [0.3, 0.4) is 0 Å². The maximum absolute atomic E-state index is 5.69. The molecule has 2 heteroatoms. The van der Waals surface area contributed by atoms with Crippen LogP contribution in [0.5, 0.6) is 0 Å². The van der Waals surface area contributed by atoms with Crippen molar-refractivity contribution in [3.05, 3.63) is 36.1 Å². The second kappa shape index (κ2) is 4.21. The smallest absolute Gasteiger partial charge is 0.0461 e. The normalized spacial score (nSPS) is 16.8. The van der Waals surface area contributed by atoms with E-state index in [1.165, 1.54) is 5.57 Å². The first-order chi connectivity index (χ1) is 5.74. The van der Waals surface area contributed by atoms with E-state index in [1.807, 2.05) is 12.2 Å². The summed E-state index contributed by atoms with van der Waals surface area (Å²) < 4.78 is 0. The number of nitrogens with two attached hydrogens (primary N) is 1. The molecule has 0 aliphatic heterocycles. The first kappa shape index (κ1) is 9.20. The molecule has 0 saturated carbocycles. The van der Waals surface area contributed by atoms with Gasteiger partial charge in [-0.1, -0.05) is 24.4 Å². The second-order valence-electron chi connectivity index (χ2n) is 2.83. The number of thiocarbonyl (C=S) groups is 1. The van der Waals surface area contributed by atoms with Gasteiger partial charge in [-0.3, -0.25) is 0 Å². The molecule has 0 spiro atoms. The molecule has 1 nitrogen and oxygen atoms in total. The number of hydrogen-bond acceptors (Lipinski definition) is 2. The molecule has 0 unspecified atom stereocenters. The molecule has 0 atom stereocenters. The Kier molecular flexibility index (Phi) is 3.23. The standard InChI is InChI=1S/C10H13NS/c1-2-3-4-8-5-6-10(12)9(11)7-8/h2,5,7H,1,3-4,6,11H2. The molecular weight excluding hydrogens is 166 g/mol. The molecule has 64 valence electrons. The van der Waals surface area contributed by atoms with Gasteiger partial charge < -0.3 is 5.73 Å². The molecule has 0 heterocycles. The zero-order chi connectivity index (χ0) is 8.97. The average Bonchev–Trinajstić information content (AvgIpc) is 2.07. The molecule has 1 rings (SSSR count). The van der Waals surface area contributed by atoms with Crippen LogP contribution in [-0.2, 0) is 0 Å². The summed E-state index contributed by atoms with van der Waals surface area (Å²) in [5, 5.41) is 0. The van der Waals surface area contributed by atoms with E-state index in [4.69, 9.17) is 18.0 Å². The highest BCUT2D eigenvalue weighted by Crippen LogP contribution is 2.16. The van der Waals surface area contributed by atoms with Gasteiger partial charge in [0, 0.05) is 17.0 Å². The van der Waals surface area contributed by atoms with Crippen molar-refractivity contribution in [1.82, 2.24) is 0 Å². The highest BCUT2D eigenvalue weighted by Gasteiger charge is 2.06. The summed E-state index contributed by atoms with van der Waals surface area (Å²) >= 11 is 5.04. The Labute approximate surface area is 78.6 Å². The van der Waals surface area contributed by atoms with E-state index in [1.54, 1.807) is 0 Å². The topological polar surface area (TPSA) is 26.0 Å². The number of rotatable bonds is 3. The van der Waals surface area contributed by atoms with E-state index in [9.17, 15) is 0 Å². The van der Waals surface area contributed by atoms with Crippen LogP contribution in [0.15, 0.2) is 36.1 Å². The fourth-order valence-corrected chi connectivity index (χ4v) is 1.27. The summed E-state index contributed by atoms with van der Waals surface area (Å²) in [7, 11) is 0. The lowest BCUT2D eigenvalue weighted by Crippen LogP contribution is -2.11. The molecule has 1 aliphatic carbocycles. The van der Waals surface area contributed by atoms with Crippen molar-refractivity contribution in [3.8, 4) is 0 Å². The molecule has 0 fully saturated rings. The Morgan fingerprint density at radius 3 is 3.00 bits per heavy atom. The van der Waals surface area contributed by atoms with Gasteiger partial charge in [0.15, 0.2) is 0 Å². The monoisotopic (exact) mass is 179 g/mol. The van der Waals surface area contributed by atoms with Crippen molar-refractivity contribution >= 4 is 17.1 Å². The molecule has 0 amide bonds. The third kappa shape index (κ3) is 2.31. The third-order valence-corrected chi connectivity index (χ3v) is 2.25. The molecule has 0 bridgehead atoms. The first-order valence-electron chi connectivity index (χ1n) is 4.04. The average molecular weight is 179 g/mol. The minimum atomic E-state index is 0.756. The van der Waals surface area contributed by atoms with Crippen molar-refractivity contribution in [2.45, 2.75) is 19.3 Å². The molecule has 0 radical (unpaired) electrons. The highest BCUT2D eigenvalue weighted by atomic mass is 32.1. The Morgan fingerprint density at radius 2 is 2.42 bits per heavy atom. The lowest BCUT2D eigenvalue weighted by Gasteiger charge is -2.10. The molecule has 0 aromatic heterocycles. The maximum atomic E-state index is 5.69. The van der Waals surface area contributed by atoms with Crippen LogP contribution in [0, 0.1) is 0 Å². The molecule has 0 aromatic carbocycles. The Morgan fingerprint density at radius 1 is 1.67 bits per heavy atom. The van der Waals surface area contributed by atoms with Crippen LogP contribution >= 0.6 is 12.2 Å². The van der Waals surface area contributed by atoms with Gasteiger partial charge >= 0.3 is 0 Å². The van der Waals surface area contributed by atoms with E-state index >= 15 is 0 Å². The van der Waals surface area contributed by atoms with Crippen LogP contribution in [0.1, 0.15) is 19.3 Å². The van der Waals surface area contributed by atoms with Crippen molar-refractivity contribution in [1.29, 1.82) is 0 Å². The Hall–Kier alpha value is -0.890. The lowest BCUT2D eigenvalue weighted by molar-refractivity contribution is 0.995. The number of allylic oxidation sites excluding steroid dienone is 5. The first-order valence-corrected chi connectivity index (χ1v) is 4.45. The zero-order valence-electron chi connectivity index (χ0n) is 7.05. The van der Waals surface area contributed by atoms with E-state index < -0.39 is 0 Å². The minimum absolute atomic E-state index is 0.756. The summed E-state index contributed by atoms with van der Waals surface area (Å²) in [6.45, 7) is 3.67. The molecule has 2 N–H and O–H groups in total. The molecule has 1 aliphatic rings. The van der Waals surface area contributed by atoms with Gasteiger partial charge in [-0.15, -0.1) is 6.58 Å². The summed E-state index contributed by atoms with van der Waals surface area (Å²) in [5.74, 6) is 0. The van der Waals surface area contributed by atoms with Gasteiger partial charge in [0.25, 0.3) is 0 Å². The molecule has 0 saturated heterocycles. The largest absolute Gasteiger partial charge is 0.398 e. The van der Waals surface area contributed by atoms with E-state index in [0.29, 0.717) is 0 Å². The maximum Gasteiger partial charge on any atom is 0.0461 e. The predicted molar refractivity (Wildman–Crippen MR) is 57.0 cm³/mol. The summed E-state index contributed by atoms with van der Waals surface area (Å²) in [6, 6.07) is 0. The second-order valence-corrected chi connectivity index (χ2v) is 3.33. The van der Waals surface area contributed by atoms with Crippen LogP contribution in [-0.4, -0.2) is 4.86 Å². The van der Waals surface area contributed by atoms with Crippen molar-refractivity contribution in [2.24, 2.45) is 5.73 Å². The lowest BCUT2D eigenvalue weighted by atomic mass is 10.0. The van der Waals surface area contributed by atoms with Gasteiger partial charge in [0.2, 0.25) is 0 Å². The summed E-state index contributed by atoms with van der Waals surface area (Å²) in [4.78, 5) is 0.859. The van der Waals surface area contributed by atoms with Crippen LogP contribution in [0.4, 0.5) is 0 Å². The molecule has 0 aromatic rings. The van der Waals surface area contributed by atoms with Crippen LogP contribution < -0.4 is 5.73 Å². The van der Waals surface area contributed by atoms with Crippen LogP contribution in [0.25, 0.3) is 0 Å². The third-order valence-electron chi connectivity index (χ3n) is 1.85. The van der Waals surface area contributed by atoms with Gasteiger partial charge in [0.1, 0.15) is 0 Å². The predicted octanol–water partition coefficient (Wildman–Crippen LogP) is 2.50. The highest BCUT2D eigenvalue weighted by molar-refractivity contribution is 7.80. The molecular formula is C10H13NS. The van der Waals surface area contributed by atoms with Gasteiger partial charge in [-0.2, -0.15) is 0 Å². The van der Waals surface area contributed by atoms with E-state index in [0.717, 1.165) is 29.8 Å². The zero-order valence-corrected chi connectivity index (χ0v) is 7.86. The Balaban J connectivity index is 2.58. The molecule has 12 heavy (non-hydrogen) atoms. The Bertz CT molecular complexity index is 261. The fourth-order valence-electron chi connectivity index (χ4n) is 1.12. The minimum Gasteiger partial charge on any atom is -0.398 e. The van der Waals surface area contributed by atoms with Crippen LogP contribution in [0.2, 0.25) is 0 Å². The van der Waals surface area contributed by atoms with Gasteiger partial charge in [-0.05, 0) is 24.5 Å². The van der Waals surface area contributed by atoms with Crippen molar-refractivity contribution in [2.75, 3.05) is 0 Å². The SMILES string of the molecule is C=CCCC1=CCC(=S)C(N)=C1. The van der Waals surface area contributed by atoms with Gasteiger partial charge in [-0.25, -0.2) is 0 Å².